The highest BCUT2D eigenvalue weighted by Gasteiger charge is 2.26. The molecule has 13 heteroatoms. The lowest BCUT2D eigenvalue weighted by Gasteiger charge is -2.19. The summed E-state index contributed by atoms with van der Waals surface area (Å²) < 4.78 is 32.1. The van der Waals surface area contributed by atoms with Gasteiger partial charge in [0.2, 0.25) is 5.91 Å². The second-order valence-corrected chi connectivity index (χ2v) is 14.3. The topological polar surface area (TPSA) is 170 Å². The molecule has 48 heavy (non-hydrogen) atoms. The number of nitrogen functional groups attached to an aromatic ring is 1. The molecule has 2 aromatic heterocycles. The summed E-state index contributed by atoms with van der Waals surface area (Å²) >= 11 is 0. The second kappa shape index (κ2) is 22.6. The van der Waals surface area contributed by atoms with Crippen molar-refractivity contribution in [2.24, 2.45) is 5.73 Å². The number of fused-ring (bicyclic) bond motifs is 1. The molecule has 2 heterocycles. The van der Waals surface area contributed by atoms with Gasteiger partial charge in [-0.05, 0) is 44.0 Å². The number of imidazole rings is 1. The Morgan fingerprint density at radius 3 is 2.12 bits per heavy atom. The van der Waals surface area contributed by atoms with E-state index in [1.54, 1.807) is 30.0 Å². The Morgan fingerprint density at radius 1 is 0.896 bits per heavy atom. The Labute approximate surface area is 286 Å². The van der Waals surface area contributed by atoms with Crippen molar-refractivity contribution in [2.45, 2.75) is 123 Å². The number of nitrogens with zero attached hydrogens (tertiary/aromatic N) is 4. The number of nitrogens with two attached hydrogens (primary N) is 2. The van der Waals surface area contributed by atoms with E-state index in [2.05, 4.69) is 27.2 Å². The van der Waals surface area contributed by atoms with Crippen molar-refractivity contribution in [3.63, 3.8) is 0 Å². The van der Waals surface area contributed by atoms with Gasteiger partial charge < -0.3 is 30.6 Å². The van der Waals surface area contributed by atoms with Crippen molar-refractivity contribution in [2.75, 3.05) is 31.8 Å². The highest BCUT2D eigenvalue weighted by atomic mass is 31.2. The first-order chi connectivity index (χ1) is 23.3. The summed E-state index contributed by atoms with van der Waals surface area (Å²) in [5.41, 5.74) is 13.6. The lowest BCUT2D eigenvalue weighted by atomic mass is 10.0. The molecule has 0 bridgehead atoms. The maximum absolute atomic E-state index is 13.4. The number of carbonyl (C=O) groups is 1. The molecule has 0 aliphatic heterocycles. The van der Waals surface area contributed by atoms with E-state index in [4.69, 9.17) is 25.3 Å². The zero-order chi connectivity index (χ0) is 34.5. The van der Waals surface area contributed by atoms with Crippen LogP contribution in [0.25, 0.3) is 11.2 Å². The summed E-state index contributed by atoms with van der Waals surface area (Å²) in [5.74, 6) is 0.317. The van der Waals surface area contributed by atoms with Crippen molar-refractivity contribution in [1.82, 2.24) is 24.8 Å². The largest absolute Gasteiger partial charge is 0.423 e. The fourth-order valence-corrected chi connectivity index (χ4v) is 7.01. The van der Waals surface area contributed by atoms with Gasteiger partial charge in [0, 0.05) is 6.54 Å². The van der Waals surface area contributed by atoms with Gasteiger partial charge in [-0.2, -0.15) is 0 Å². The number of anilines is 1. The summed E-state index contributed by atoms with van der Waals surface area (Å²) in [6.07, 6.45) is 21.6. The molecule has 0 saturated carbocycles. The minimum atomic E-state index is -3.58. The first-order valence-corrected chi connectivity index (χ1v) is 19.6. The molecule has 2 atom stereocenters. The van der Waals surface area contributed by atoms with Gasteiger partial charge in [0.15, 0.2) is 17.8 Å². The molecule has 0 aliphatic carbocycles. The number of amides is 1. The maximum Gasteiger partial charge on any atom is 0.404 e. The van der Waals surface area contributed by atoms with Crippen LogP contribution in [0.4, 0.5) is 5.82 Å². The monoisotopic (exact) mass is 687 g/mol. The number of nitrogens with one attached hydrogen (secondary N) is 1. The van der Waals surface area contributed by atoms with Crippen LogP contribution in [0.3, 0.4) is 0 Å². The van der Waals surface area contributed by atoms with Crippen LogP contribution >= 0.6 is 7.60 Å². The first-order valence-electron chi connectivity index (χ1n) is 17.9. The number of hydrogen-bond acceptors (Lipinski definition) is 10. The van der Waals surface area contributed by atoms with Crippen LogP contribution in [-0.2, 0) is 31.6 Å². The Balaban J connectivity index is 1.31. The molecule has 1 unspecified atom stereocenters. The van der Waals surface area contributed by atoms with E-state index in [1.165, 1.54) is 83.4 Å². The highest BCUT2D eigenvalue weighted by Crippen LogP contribution is 2.48. The molecular formula is C35H58N7O5P. The van der Waals surface area contributed by atoms with Crippen LogP contribution in [0.5, 0.6) is 5.75 Å². The minimum absolute atomic E-state index is 0.201. The van der Waals surface area contributed by atoms with E-state index in [0.717, 1.165) is 24.9 Å². The molecule has 0 aliphatic rings. The van der Waals surface area contributed by atoms with Crippen LogP contribution in [-0.4, -0.2) is 57.6 Å². The van der Waals surface area contributed by atoms with E-state index < -0.39 is 13.6 Å². The Kier molecular flexibility index (Phi) is 18.5. The third-order valence-corrected chi connectivity index (χ3v) is 9.99. The van der Waals surface area contributed by atoms with Crippen LogP contribution < -0.4 is 21.3 Å². The fraction of sp³-hybridized carbons (Fsp3) is 0.657. The van der Waals surface area contributed by atoms with Gasteiger partial charge in [0.25, 0.3) is 0 Å². The summed E-state index contributed by atoms with van der Waals surface area (Å²) in [4.78, 5) is 24.5. The molecular weight excluding hydrogens is 629 g/mol. The summed E-state index contributed by atoms with van der Waals surface area (Å²) in [5, 5.41) is 3.33. The molecule has 12 nitrogen and oxygen atoms in total. The zero-order valence-electron chi connectivity index (χ0n) is 29.1. The molecule has 0 saturated heterocycles. The predicted molar refractivity (Wildman–Crippen MR) is 192 cm³/mol. The third kappa shape index (κ3) is 14.6. The molecule has 5 N–H and O–H groups in total. The Bertz CT molecular complexity index is 1370. The average molecular weight is 688 g/mol. The number of aromatic nitrogens is 4. The molecule has 0 spiro atoms. The lowest BCUT2D eigenvalue weighted by molar-refractivity contribution is -0.120. The van der Waals surface area contributed by atoms with Crippen molar-refractivity contribution in [3.05, 3.63) is 42.5 Å². The minimum Gasteiger partial charge on any atom is -0.423 e. The van der Waals surface area contributed by atoms with Gasteiger partial charge in [-0.1, -0.05) is 103 Å². The van der Waals surface area contributed by atoms with Crippen LogP contribution in [0, 0.1) is 0 Å². The van der Waals surface area contributed by atoms with E-state index in [1.807, 2.05) is 12.1 Å². The summed E-state index contributed by atoms with van der Waals surface area (Å²) in [6.45, 7) is 5.62. The number of unbranched alkanes of at least 4 members (excludes halogenated alkanes) is 13. The van der Waals surface area contributed by atoms with E-state index in [-0.39, 0.29) is 25.5 Å². The van der Waals surface area contributed by atoms with E-state index in [0.29, 0.717) is 35.7 Å². The van der Waals surface area contributed by atoms with Crippen LogP contribution in [0.2, 0.25) is 0 Å². The van der Waals surface area contributed by atoms with Gasteiger partial charge in [-0.15, -0.1) is 0 Å². The molecule has 3 rings (SSSR count). The second-order valence-electron chi connectivity index (χ2n) is 12.4. The summed E-state index contributed by atoms with van der Waals surface area (Å²) in [6, 6.07) is 6.66. The zero-order valence-corrected chi connectivity index (χ0v) is 30.0. The van der Waals surface area contributed by atoms with Gasteiger partial charge in [0.05, 0.1) is 25.6 Å². The number of benzene rings is 1. The normalized spacial score (nSPS) is 13.5. The molecule has 0 radical (unpaired) electrons. The van der Waals surface area contributed by atoms with Gasteiger partial charge in [-0.25, -0.2) is 19.5 Å². The molecule has 3 aromatic rings. The van der Waals surface area contributed by atoms with Crippen LogP contribution in [0.1, 0.15) is 109 Å². The average Bonchev–Trinajstić information content (AvgIpc) is 3.49. The first kappa shape index (κ1) is 39.4. The van der Waals surface area contributed by atoms with Crippen molar-refractivity contribution in [3.8, 4) is 5.75 Å². The highest BCUT2D eigenvalue weighted by molar-refractivity contribution is 7.54. The summed E-state index contributed by atoms with van der Waals surface area (Å²) in [7, 11) is -3.58. The molecule has 1 amide bonds. The van der Waals surface area contributed by atoms with Crippen molar-refractivity contribution >= 4 is 30.5 Å². The lowest BCUT2D eigenvalue weighted by Crippen LogP contribution is -2.43. The Morgan fingerprint density at radius 2 is 1.52 bits per heavy atom. The predicted octanol–water partition coefficient (Wildman–Crippen LogP) is 7.16. The SMILES string of the molecule is CCCCCCCCCCCCCCCCN[C@@H](Cc1ccc(OP(=O)(COCCn2cnc3c(N)ncnc32)OCC)cc1)C(N)=O. The number of hydrogen-bond donors (Lipinski definition) is 3. The molecule has 1 aromatic carbocycles. The number of ether oxygens (including phenoxy) is 1. The smallest absolute Gasteiger partial charge is 0.404 e. The molecule has 268 valence electrons. The number of carbonyl (C=O) groups excluding carboxylic acids is 1. The van der Waals surface area contributed by atoms with Crippen molar-refractivity contribution in [1.29, 1.82) is 0 Å². The quantitative estimate of drug-likeness (QED) is 0.0526. The van der Waals surface area contributed by atoms with E-state index in [9.17, 15) is 9.36 Å². The maximum atomic E-state index is 13.4. The fourth-order valence-electron chi connectivity index (χ4n) is 5.64. The van der Waals surface area contributed by atoms with E-state index >= 15 is 0 Å². The standard InChI is InChI=1S/C35H58N7O5P/c1-3-5-6-7-8-9-10-11-12-13-14-15-16-17-22-38-31(34(37)43)25-29-18-20-30(21-19-29)47-48(44,46-4-2)28-45-24-23-42-27-41-32-33(36)39-26-40-35(32)42/h18-21,26-27,31,38H,3-17,22-25,28H2,1-2H3,(H2,37,43)(H2,36,39,40)/t31-,48?/m0/s1. The number of rotatable bonds is 28. The van der Waals surface area contributed by atoms with Gasteiger partial charge in [-0.3, -0.25) is 9.32 Å². The van der Waals surface area contributed by atoms with Crippen LogP contribution in [0.15, 0.2) is 36.9 Å². The van der Waals surface area contributed by atoms with Crippen molar-refractivity contribution < 1.29 is 23.1 Å². The molecule has 0 fully saturated rings. The van der Waals surface area contributed by atoms with Gasteiger partial charge >= 0.3 is 7.60 Å². The Hall–Kier alpha value is -3.05. The number of primary amides is 1. The van der Waals surface area contributed by atoms with Gasteiger partial charge in [0.1, 0.15) is 17.6 Å². The third-order valence-electron chi connectivity index (χ3n) is 8.35.